The van der Waals surface area contributed by atoms with E-state index in [1.165, 1.54) is 6.07 Å². The summed E-state index contributed by atoms with van der Waals surface area (Å²) >= 11 is 0. The van der Waals surface area contributed by atoms with E-state index in [-0.39, 0.29) is 0 Å². The van der Waals surface area contributed by atoms with Gasteiger partial charge < -0.3 is 4.42 Å². The summed E-state index contributed by atoms with van der Waals surface area (Å²) in [5.41, 5.74) is 0. The fourth-order valence-electron chi connectivity index (χ4n) is 0.830. The van der Waals surface area contributed by atoms with E-state index in [9.17, 15) is 18.0 Å². The van der Waals surface area contributed by atoms with Crippen molar-refractivity contribution in [3.05, 3.63) is 23.7 Å². The molecule has 0 N–H and O–H groups in total. The number of Topliss-reactive ketones (excluding diaryl/α,β-unsaturated/α-hetero) is 1. The van der Waals surface area contributed by atoms with Crippen molar-refractivity contribution in [1.82, 2.24) is 0 Å². The van der Waals surface area contributed by atoms with Gasteiger partial charge in [-0.1, -0.05) is 6.92 Å². The number of carbonyl (C=O) groups excluding carboxylic acids is 1. The van der Waals surface area contributed by atoms with Crippen molar-refractivity contribution in [2.45, 2.75) is 19.5 Å². The summed E-state index contributed by atoms with van der Waals surface area (Å²) in [6, 6.07) is 2.40. The molecular weight excluding hydrogens is 185 g/mol. The van der Waals surface area contributed by atoms with E-state index in [0.29, 0.717) is 12.2 Å². The van der Waals surface area contributed by atoms with Crippen LogP contribution in [0.3, 0.4) is 0 Å². The molecule has 1 heterocycles. The van der Waals surface area contributed by atoms with Crippen molar-refractivity contribution in [2.24, 2.45) is 0 Å². The molecule has 0 bridgehead atoms. The van der Waals surface area contributed by atoms with Crippen LogP contribution in [0.1, 0.15) is 23.2 Å². The quantitative estimate of drug-likeness (QED) is 0.674. The minimum atomic E-state index is -4.86. The van der Waals surface area contributed by atoms with E-state index in [1.54, 1.807) is 6.92 Å². The SMILES string of the molecule is CCc1ccc(C(=O)C(F)(F)F)o1. The maximum atomic E-state index is 11.8. The van der Waals surface area contributed by atoms with Crippen molar-refractivity contribution >= 4 is 5.78 Å². The zero-order chi connectivity index (χ0) is 10.1. The van der Waals surface area contributed by atoms with Crippen LogP contribution in [0, 0.1) is 0 Å². The standard InChI is InChI=1S/C8H7F3O2/c1-2-5-3-4-6(13-5)7(12)8(9,10)11/h3-4H,2H2,1H3. The molecule has 1 rings (SSSR count). The first-order chi connectivity index (χ1) is 5.95. The van der Waals surface area contributed by atoms with Crippen LogP contribution in [0.2, 0.25) is 0 Å². The van der Waals surface area contributed by atoms with Gasteiger partial charge in [0.05, 0.1) is 0 Å². The van der Waals surface area contributed by atoms with Crippen LogP contribution in [0.4, 0.5) is 13.2 Å². The lowest BCUT2D eigenvalue weighted by atomic mass is 10.3. The average molecular weight is 192 g/mol. The maximum Gasteiger partial charge on any atom is 0.458 e. The fraction of sp³-hybridized carbons (Fsp3) is 0.375. The molecule has 2 nitrogen and oxygen atoms in total. The predicted molar refractivity (Wildman–Crippen MR) is 38.5 cm³/mol. The topological polar surface area (TPSA) is 30.2 Å². The Bertz CT molecular complexity index is 311. The van der Waals surface area contributed by atoms with Gasteiger partial charge in [0.2, 0.25) is 0 Å². The largest absolute Gasteiger partial charge is 0.458 e. The molecule has 1 aromatic rings. The average Bonchev–Trinajstić information content (AvgIpc) is 2.48. The van der Waals surface area contributed by atoms with Gasteiger partial charge >= 0.3 is 12.0 Å². The van der Waals surface area contributed by atoms with Crippen molar-refractivity contribution in [2.75, 3.05) is 0 Å². The lowest BCUT2D eigenvalue weighted by Gasteiger charge is -2.00. The normalized spacial score (nSPS) is 11.7. The summed E-state index contributed by atoms with van der Waals surface area (Å²) < 4.78 is 40.2. The lowest BCUT2D eigenvalue weighted by molar-refractivity contribution is -0.0899. The molecule has 0 atom stereocenters. The van der Waals surface area contributed by atoms with Crippen LogP contribution < -0.4 is 0 Å². The highest BCUT2D eigenvalue weighted by atomic mass is 19.4. The van der Waals surface area contributed by atoms with Crippen LogP contribution in [0.5, 0.6) is 0 Å². The van der Waals surface area contributed by atoms with Crippen LogP contribution >= 0.6 is 0 Å². The summed E-state index contributed by atoms with van der Waals surface area (Å²) in [6.07, 6.45) is -4.39. The molecule has 0 saturated carbocycles. The number of carbonyl (C=O) groups is 1. The molecule has 0 fully saturated rings. The molecule has 0 aliphatic carbocycles. The number of hydrogen-bond acceptors (Lipinski definition) is 2. The number of rotatable bonds is 2. The van der Waals surface area contributed by atoms with Crippen LogP contribution in [-0.4, -0.2) is 12.0 Å². The highest BCUT2D eigenvalue weighted by Gasteiger charge is 2.41. The molecule has 0 saturated heterocycles. The van der Waals surface area contributed by atoms with Gasteiger partial charge in [0.1, 0.15) is 5.76 Å². The van der Waals surface area contributed by atoms with Crippen LogP contribution in [-0.2, 0) is 6.42 Å². The number of ketones is 1. The van der Waals surface area contributed by atoms with Crippen LogP contribution in [0.15, 0.2) is 16.5 Å². The molecule has 5 heteroatoms. The fourth-order valence-corrected chi connectivity index (χ4v) is 0.830. The Morgan fingerprint density at radius 3 is 2.46 bits per heavy atom. The zero-order valence-electron chi connectivity index (χ0n) is 6.81. The van der Waals surface area contributed by atoms with E-state index in [4.69, 9.17) is 0 Å². The molecule has 0 amide bonds. The number of hydrogen-bond donors (Lipinski definition) is 0. The van der Waals surface area contributed by atoms with Gasteiger partial charge in [0.25, 0.3) is 0 Å². The van der Waals surface area contributed by atoms with E-state index in [0.717, 1.165) is 6.07 Å². The van der Waals surface area contributed by atoms with Gasteiger partial charge in [-0.3, -0.25) is 4.79 Å². The molecule has 0 aliphatic heterocycles. The Labute approximate surface area is 72.3 Å². The number of aryl methyl sites for hydroxylation is 1. The van der Waals surface area contributed by atoms with Gasteiger partial charge in [-0.15, -0.1) is 0 Å². The Morgan fingerprint density at radius 2 is 2.08 bits per heavy atom. The summed E-state index contributed by atoms with van der Waals surface area (Å²) in [6.45, 7) is 1.72. The van der Waals surface area contributed by atoms with Crippen LogP contribution in [0.25, 0.3) is 0 Å². The molecule has 13 heavy (non-hydrogen) atoms. The first kappa shape index (κ1) is 9.83. The zero-order valence-corrected chi connectivity index (χ0v) is 6.81. The highest BCUT2D eigenvalue weighted by molar-refractivity contribution is 5.97. The van der Waals surface area contributed by atoms with Gasteiger partial charge in [0, 0.05) is 6.42 Å². The predicted octanol–water partition coefficient (Wildman–Crippen LogP) is 2.59. The van der Waals surface area contributed by atoms with Crippen molar-refractivity contribution < 1.29 is 22.4 Å². The smallest absolute Gasteiger partial charge is 0.458 e. The van der Waals surface area contributed by atoms with Crippen molar-refractivity contribution in [1.29, 1.82) is 0 Å². The Hall–Kier alpha value is -1.26. The van der Waals surface area contributed by atoms with Gasteiger partial charge in [0.15, 0.2) is 5.76 Å². The molecule has 0 aliphatic rings. The van der Waals surface area contributed by atoms with Gasteiger partial charge in [-0.2, -0.15) is 13.2 Å². The van der Waals surface area contributed by atoms with E-state index < -0.39 is 17.7 Å². The second-order valence-electron chi connectivity index (χ2n) is 2.45. The van der Waals surface area contributed by atoms with E-state index in [1.807, 2.05) is 0 Å². The second-order valence-corrected chi connectivity index (χ2v) is 2.45. The summed E-state index contributed by atoms with van der Waals surface area (Å²) in [4.78, 5) is 10.6. The Kier molecular flexibility index (Phi) is 2.45. The molecule has 0 radical (unpaired) electrons. The molecule has 0 spiro atoms. The highest BCUT2D eigenvalue weighted by Crippen LogP contribution is 2.22. The van der Waals surface area contributed by atoms with E-state index in [2.05, 4.69) is 4.42 Å². The third-order valence-electron chi connectivity index (χ3n) is 1.49. The lowest BCUT2D eigenvalue weighted by Crippen LogP contribution is -2.22. The number of halogens is 3. The summed E-state index contributed by atoms with van der Waals surface area (Å²) in [5, 5.41) is 0. The van der Waals surface area contributed by atoms with Gasteiger partial charge in [-0.05, 0) is 12.1 Å². The van der Waals surface area contributed by atoms with E-state index >= 15 is 0 Å². The van der Waals surface area contributed by atoms with Crippen molar-refractivity contribution in [3.63, 3.8) is 0 Å². The summed E-state index contributed by atoms with van der Waals surface area (Å²) in [7, 11) is 0. The molecule has 1 aromatic heterocycles. The number of furan rings is 1. The second kappa shape index (κ2) is 3.24. The third-order valence-corrected chi connectivity index (χ3v) is 1.49. The summed E-state index contributed by atoms with van der Waals surface area (Å²) in [5.74, 6) is -2.22. The third kappa shape index (κ3) is 2.11. The Balaban J connectivity index is 2.90. The Morgan fingerprint density at radius 1 is 1.46 bits per heavy atom. The maximum absolute atomic E-state index is 11.8. The monoisotopic (exact) mass is 192 g/mol. The van der Waals surface area contributed by atoms with Crippen molar-refractivity contribution in [3.8, 4) is 0 Å². The van der Waals surface area contributed by atoms with Gasteiger partial charge in [-0.25, -0.2) is 0 Å². The molecule has 0 aromatic carbocycles. The first-order valence-electron chi connectivity index (χ1n) is 3.65. The molecule has 72 valence electrons. The minimum absolute atomic E-state index is 0.368. The first-order valence-corrected chi connectivity index (χ1v) is 3.65. The molecule has 0 unspecified atom stereocenters. The molecular formula is C8H7F3O2. The minimum Gasteiger partial charge on any atom is -0.458 e. The number of alkyl halides is 3.